The molecule has 0 saturated heterocycles. The first-order valence-electron chi connectivity index (χ1n) is 7.15. The number of nitrogens with one attached hydrogen (secondary N) is 2. The quantitative estimate of drug-likeness (QED) is 0.665. The highest BCUT2D eigenvalue weighted by atomic mass is 79.9. The van der Waals surface area contributed by atoms with Crippen molar-refractivity contribution < 1.29 is 9.18 Å². The van der Waals surface area contributed by atoms with Crippen LogP contribution < -0.4 is 10.6 Å². The van der Waals surface area contributed by atoms with E-state index in [0.29, 0.717) is 22.6 Å². The van der Waals surface area contributed by atoms with Gasteiger partial charge in [0, 0.05) is 22.0 Å². The maximum absolute atomic E-state index is 13.2. The summed E-state index contributed by atoms with van der Waals surface area (Å²) in [7, 11) is 0. The molecular formula is C18H13BrFN3O. The van der Waals surface area contributed by atoms with Crippen LogP contribution in [0.5, 0.6) is 0 Å². The van der Waals surface area contributed by atoms with Crippen LogP contribution in [-0.2, 0) is 0 Å². The molecule has 24 heavy (non-hydrogen) atoms. The van der Waals surface area contributed by atoms with Gasteiger partial charge in [0.15, 0.2) is 0 Å². The molecule has 6 heteroatoms. The molecule has 0 aliphatic carbocycles. The van der Waals surface area contributed by atoms with Gasteiger partial charge in [-0.2, -0.15) is 0 Å². The lowest BCUT2D eigenvalue weighted by Crippen LogP contribution is -2.12. The number of aromatic nitrogens is 1. The Labute approximate surface area is 146 Å². The molecule has 0 spiro atoms. The van der Waals surface area contributed by atoms with E-state index in [1.807, 2.05) is 12.1 Å². The molecule has 1 amide bonds. The number of amides is 1. The first-order chi connectivity index (χ1) is 11.6. The van der Waals surface area contributed by atoms with Crippen LogP contribution in [0.3, 0.4) is 0 Å². The van der Waals surface area contributed by atoms with Crippen molar-refractivity contribution in [3.63, 3.8) is 0 Å². The van der Waals surface area contributed by atoms with Crippen LogP contribution in [0.25, 0.3) is 0 Å². The molecule has 0 unspecified atom stereocenters. The summed E-state index contributed by atoms with van der Waals surface area (Å²) in [4.78, 5) is 16.4. The summed E-state index contributed by atoms with van der Waals surface area (Å²) in [5.41, 5.74) is 2.28. The minimum Gasteiger partial charge on any atom is -0.354 e. The van der Waals surface area contributed by atoms with Crippen molar-refractivity contribution >= 4 is 38.9 Å². The van der Waals surface area contributed by atoms with E-state index in [9.17, 15) is 9.18 Å². The predicted molar refractivity (Wildman–Crippen MR) is 96.0 cm³/mol. The fourth-order valence-corrected chi connectivity index (χ4v) is 2.37. The standard InChI is InChI=1S/C18H13BrFN3O/c19-13-4-6-15(7-5-13)23-18(24)12-8-17(11-21-10-12)22-16-3-1-2-14(20)9-16/h1-11,22H,(H,23,24). The first kappa shape index (κ1) is 16.1. The number of pyridine rings is 1. The minimum atomic E-state index is -0.336. The van der Waals surface area contributed by atoms with Crippen molar-refractivity contribution in [2.45, 2.75) is 0 Å². The first-order valence-corrected chi connectivity index (χ1v) is 7.94. The molecule has 1 aromatic heterocycles. The number of hydrogen-bond donors (Lipinski definition) is 2. The van der Waals surface area contributed by atoms with E-state index in [4.69, 9.17) is 0 Å². The van der Waals surface area contributed by atoms with Gasteiger partial charge in [0.05, 0.1) is 17.4 Å². The molecule has 3 aromatic rings. The van der Waals surface area contributed by atoms with Crippen molar-refractivity contribution in [3.8, 4) is 0 Å². The van der Waals surface area contributed by atoms with E-state index in [0.717, 1.165) is 4.47 Å². The van der Waals surface area contributed by atoms with Crippen molar-refractivity contribution in [3.05, 3.63) is 82.8 Å². The van der Waals surface area contributed by atoms with Gasteiger partial charge < -0.3 is 10.6 Å². The normalized spacial score (nSPS) is 10.2. The Morgan fingerprint density at radius 3 is 2.50 bits per heavy atom. The Morgan fingerprint density at radius 1 is 0.958 bits per heavy atom. The molecule has 3 rings (SSSR count). The molecule has 0 atom stereocenters. The summed E-state index contributed by atoms with van der Waals surface area (Å²) in [6, 6.07) is 15.0. The zero-order valence-corrected chi connectivity index (χ0v) is 14.0. The largest absolute Gasteiger partial charge is 0.354 e. The molecule has 0 radical (unpaired) electrons. The Morgan fingerprint density at radius 2 is 1.75 bits per heavy atom. The molecule has 0 fully saturated rings. The summed E-state index contributed by atoms with van der Waals surface area (Å²) in [5.74, 6) is -0.607. The number of hydrogen-bond acceptors (Lipinski definition) is 3. The van der Waals surface area contributed by atoms with Gasteiger partial charge in [0.25, 0.3) is 5.91 Å². The van der Waals surface area contributed by atoms with Crippen molar-refractivity contribution in [2.24, 2.45) is 0 Å². The lowest BCUT2D eigenvalue weighted by Gasteiger charge is -2.09. The van der Waals surface area contributed by atoms with Crippen molar-refractivity contribution in [1.82, 2.24) is 4.98 Å². The number of benzene rings is 2. The molecule has 120 valence electrons. The summed E-state index contributed by atoms with van der Waals surface area (Å²) in [6.45, 7) is 0. The van der Waals surface area contributed by atoms with E-state index in [1.54, 1.807) is 36.5 Å². The summed E-state index contributed by atoms with van der Waals surface area (Å²) >= 11 is 3.35. The van der Waals surface area contributed by atoms with Gasteiger partial charge in [-0.3, -0.25) is 9.78 Å². The van der Waals surface area contributed by atoms with Crippen LogP contribution in [0, 0.1) is 5.82 Å². The van der Waals surface area contributed by atoms with Crippen molar-refractivity contribution in [2.75, 3.05) is 10.6 Å². The van der Waals surface area contributed by atoms with Crippen LogP contribution in [0.2, 0.25) is 0 Å². The second-order valence-corrected chi connectivity index (χ2v) is 5.97. The lowest BCUT2D eigenvalue weighted by molar-refractivity contribution is 0.102. The van der Waals surface area contributed by atoms with Crippen LogP contribution in [-0.4, -0.2) is 10.9 Å². The Balaban J connectivity index is 1.74. The second kappa shape index (κ2) is 7.23. The highest BCUT2D eigenvalue weighted by Crippen LogP contribution is 2.19. The third-order valence-electron chi connectivity index (χ3n) is 3.22. The molecular weight excluding hydrogens is 373 g/mol. The maximum atomic E-state index is 13.2. The Hall–Kier alpha value is -2.73. The van der Waals surface area contributed by atoms with Crippen molar-refractivity contribution in [1.29, 1.82) is 0 Å². The zero-order chi connectivity index (χ0) is 16.9. The SMILES string of the molecule is O=C(Nc1ccc(Br)cc1)c1cncc(Nc2cccc(F)c2)c1. The molecule has 0 saturated carbocycles. The van der Waals surface area contributed by atoms with Gasteiger partial charge >= 0.3 is 0 Å². The summed E-state index contributed by atoms with van der Waals surface area (Å²) in [5, 5.41) is 5.82. The minimum absolute atomic E-state index is 0.271. The predicted octanol–water partition coefficient (Wildman–Crippen LogP) is 4.98. The van der Waals surface area contributed by atoms with E-state index >= 15 is 0 Å². The molecule has 0 bridgehead atoms. The molecule has 2 N–H and O–H groups in total. The Kier molecular flexibility index (Phi) is 4.86. The van der Waals surface area contributed by atoms with Gasteiger partial charge in [-0.15, -0.1) is 0 Å². The maximum Gasteiger partial charge on any atom is 0.257 e. The fraction of sp³-hybridized carbons (Fsp3) is 0. The lowest BCUT2D eigenvalue weighted by atomic mass is 10.2. The fourth-order valence-electron chi connectivity index (χ4n) is 2.10. The van der Waals surface area contributed by atoms with Crippen LogP contribution in [0.1, 0.15) is 10.4 Å². The summed E-state index contributed by atoms with van der Waals surface area (Å²) < 4.78 is 14.2. The molecule has 1 heterocycles. The number of anilines is 3. The van der Waals surface area contributed by atoms with E-state index in [1.165, 1.54) is 18.3 Å². The third-order valence-corrected chi connectivity index (χ3v) is 3.74. The molecule has 2 aromatic carbocycles. The van der Waals surface area contributed by atoms with Crippen LogP contribution >= 0.6 is 15.9 Å². The second-order valence-electron chi connectivity index (χ2n) is 5.06. The zero-order valence-electron chi connectivity index (χ0n) is 12.5. The molecule has 0 aliphatic heterocycles. The van der Waals surface area contributed by atoms with Gasteiger partial charge in [0.2, 0.25) is 0 Å². The highest BCUT2D eigenvalue weighted by Gasteiger charge is 2.08. The van der Waals surface area contributed by atoms with Gasteiger partial charge in [-0.25, -0.2) is 4.39 Å². The summed E-state index contributed by atoms with van der Waals surface area (Å²) in [6.07, 6.45) is 3.05. The monoisotopic (exact) mass is 385 g/mol. The Bertz CT molecular complexity index is 868. The molecule has 0 aliphatic rings. The van der Waals surface area contributed by atoms with Crippen LogP contribution in [0.15, 0.2) is 71.5 Å². The third kappa shape index (κ3) is 4.17. The average Bonchev–Trinajstić information content (AvgIpc) is 2.57. The molecule has 4 nitrogen and oxygen atoms in total. The number of carbonyl (C=O) groups is 1. The smallest absolute Gasteiger partial charge is 0.257 e. The van der Waals surface area contributed by atoms with E-state index in [2.05, 4.69) is 31.5 Å². The average molecular weight is 386 g/mol. The number of halogens is 2. The van der Waals surface area contributed by atoms with Gasteiger partial charge in [-0.1, -0.05) is 22.0 Å². The van der Waals surface area contributed by atoms with Crippen LogP contribution in [0.4, 0.5) is 21.5 Å². The van der Waals surface area contributed by atoms with E-state index in [-0.39, 0.29) is 11.7 Å². The number of rotatable bonds is 4. The van der Waals surface area contributed by atoms with Gasteiger partial charge in [0.1, 0.15) is 5.82 Å². The van der Waals surface area contributed by atoms with Gasteiger partial charge in [-0.05, 0) is 48.5 Å². The van der Waals surface area contributed by atoms with E-state index < -0.39 is 0 Å². The topological polar surface area (TPSA) is 54.0 Å². The highest BCUT2D eigenvalue weighted by molar-refractivity contribution is 9.10. The number of carbonyl (C=O) groups excluding carboxylic acids is 1. The number of nitrogens with zero attached hydrogens (tertiary/aromatic N) is 1.